The lowest BCUT2D eigenvalue weighted by Gasteiger charge is -2.47. The first-order chi connectivity index (χ1) is 13.9. The van der Waals surface area contributed by atoms with E-state index in [4.69, 9.17) is 9.15 Å². The van der Waals surface area contributed by atoms with E-state index < -0.39 is 10.0 Å². The summed E-state index contributed by atoms with van der Waals surface area (Å²) in [6.07, 6.45) is 5.87. The van der Waals surface area contributed by atoms with Gasteiger partial charge >= 0.3 is 0 Å². The second-order valence-corrected chi connectivity index (χ2v) is 9.74. The number of aromatic nitrogens is 1. The second-order valence-electron chi connectivity index (χ2n) is 8.03. The minimum absolute atomic E-state index is 0.130. The first-order valence-corrected chi connectivity index (χ1v) is 11.8. The number of nitrogens with zero attached hydrogens (tertiary/aromatic N) is 2. The number of aryl methyl sites for hydroxylation is 1. The summed E-state index contributed by atoms with van der Waals surface area (Å²) in [5.74, 6) is 0.581. The summed E-state index contributed by atoms with van der Waals surface area (Å²) in [5.41, 5.74) is 1.40. The van der Waals surface area contributed by atoms with Crippen LogP contribution in [0.15, 0.2) is 39.8 Å². The van der Waals surface area contributed by atoms with Crippen molar-refractivity contribution >= 4 is 10.0 Å². The smallest absolute Gasteiger partial charge is 0.240 e. The molecule has 4 rings (SSSR count). The van der Waals surface area contributed by atoms with E-state index in [-0.39, 0.29) is 16.5 Å². The summed E-state index contributed by atoms with van der Waals surface area (Å²) in [4.78, 5) is 6.99. The highest BCUT2D eigenvalue weighted by Crippen LogP contribution is 2.39. The third kappa shape index (κ3) is 4.12. The normalized spacial score (nSPS) is 21.3. The predicted molar refractivity (Wildman–Crippen MR) is 110 cm³/mol. The maximum absolute atomic E-state index is 13.1. The van der Waals surface area contributed by atoms with E-state index in [1.807, 2.05) is 6.92 Å². The van der Waals surface area contributed by atoms with Gasteiger partial charge in [-0.05, 0) is 31.9 Å². The van der Waals surface area contributed by atoms with Gasteiger partial charge in [0.15, 0.2) is 5.89 Å². The molecule has 2 fully saturated rings. The zero-order valence-corrected chi connectivity index (χ0v) is 17.9. The Bertz CT molecular complexity index is 927. The van der Waals surface area contributed by atoms with Crippen molar-refractivity contribution in [3.8, 4) is 11.3 Å². The fraction of sp³-hybridized carbons (Fsp3) is 0.571. The second kappa shape index (κ2) is 8.18. The van der Waals surface area contributed by atoms with Crippen LogP contribution in [0.1, 0.15) is 38.5 Å². The Morgan fingerprint density at radius 3 is 2.38 bits per heavy atom. The number of hydrogen-bond acceptors (Lipinski definition) is 6. The van der Waals surface area contributed by atoms with Crippen LogP contribution < -0.4 is 4.72 Å². The van der Waals surface area contributed by atoms with E-state index in [9.17, 15) is 8.42 Å². The lowest BCUT2D eigenvalue weighted by atomic mass is 9.87. The Labute approximate surface area is 172 Å². The molecule has 1 N–H and O–H groups in total. The maximum atomic E-state index is 13.1. The van der Waals surface area contributed by atoms with Crippen molar-refractivity contribution in [2.75, 3.05) is 26.3 Å². The molecule has 0 bridgehead atoms. The van der Waals surface area contributed by atoms with Crippen molar-refractivity contribution in [2.45, 2.75) is 56.0 Å². The van der Waals surface area contributed by atoms with Gasteiger partial charge in [-0.15, -0.1) is 0 Å². The molecule has 0 spiro atoms. The Morgan fingerprint density at radius 2 is 1.79 bits per heavy atom. The average molecular weight is 420 g/mol. The van der Waals surface area contributed by atoms with Crippen LogP contribution in [-0.4, -0.2) is 56.2 Å². The monoisotopic (exact) mass is 419 g/mol. The van der Waals surface area contributed by atoms with Crippen molar-refractivity contribution in [1.29, 1.82) is 0 Å². The molecule has 0 amide bonds. The number of nitrogens with one attached hydrogen (secondary N) is 1. The Hall–Kier alpha value is -1.74. The largest absolute Gasteiger partial charge is 0.449 e. The highest BCUT2D eigenvalue weighted by molar-refractivity contribution is 7.89. The van der Waals surface area contributed by atoms with Gasteiger partial charge in [0.25, 0.3) is 0 Å². The van der Waals surface area contributed by atoms with E-state index in [1.54, 1.807) is 37.5 Å². The summed E-state index contributed by atoms with van der Waals surface area (Å²) in [6, 6.07) is 6.62. The van der Waals surface area contributed by atoms with Gasteiger partial charge < -0.3 is 9.15 Å². The highest BCUT2D eigenvalue weighted by Gasteiger charge is 2.45. The Kier molecular flexibility index (Phi) is 5.79. The summed E-state index contributed by atoms with van der Waals surface area (Å²) in [7, 11) is -3.62. The molecule has 7 nitrogen and oxygen atoms in total. The van der Waals surface area contributed by atoms with Crippen molar-refractivity contribution < 1.29 is 17.6 Å². The molecule has 29 heavy (non-hydrogen) atoms. The third-order valence-electron chi connectivity index (χ3n) is 6.33. The van der Waals surface area contributed by atoms with Crippen LogP contribution in [0.3, 0.4) is 0 Å². The van der Waals surface area contributed by atoms with Crippen LogP contribution in [0, 0.1) is 6.92 Å². The van der Waals surface area contributed by atoms with Crippen molar-refractivity contribution in [3.05, 3.63) is 36.4 Å². The molecule has 0 radical (unpaired) electrons. The minimum atomic E-state index is -3.62. The molecule has 1 aliphatic heterocycles. The number of rotatable bonds is 6. The average Bonchev–Trinajstić information content (AvgIpc) is 3.39. The van der Waals surface area contributed by atoms with Crippen LogP contribution in [-0.2, 0) is 14.8 Å². The van der Waals surface area contributed by atoms with Gasteiger partial charge in [-0.1, -0.05) is 25.0 Å². The van der Waals surface area contributed by atoms with Gasteiger partial charge in [0, 0.05) is 37.2 Å². The lowest BCUT2D eigenvalue weighted by Crippen LogP contribution is -2.62. The van der Waals surface area contributed by atoms with Gasteiger partial charge in [0.05, 0.1) is 18.1 Å². The number of ether oxygens (including phenoxy) is 1. The number of morpholine rings is 1. The lowest BCUT2D eigenvalue weighted by molar-refractivity contribution is -0.0304. The molecule has 2 aromatic rings. The Balaban J connectivity index is 1.52. The third-order valence-corrected chi connectivity index (χ3v) is 7.88. The molecule has 2 heterocycles. The number of oxazole rings is 1. The topological polar surface area (TPSA) is 84.7 Å². The molecule has 1 unspecified atom stereocenters. The van der Waals surface area contributed by atoms with Crippen LogP contribution in [0.2, 0.25) is 0 Å². The zero-order valence-electron chi connectivity index (χ0n) is 17.1. The predicted octanol–water partition coefficient (Wildman–Crippen LogP) is 2.96. The van der Waals surface area contributed by atoms with E-state index in [0.29, 0.717) is 24.8 Å². The van der Waals surface area contributed by atoms with Crippen molar-refractivity contribution in [2.24, 2.45) is 0 Å². The molecular weight excluding hydrogens is 390 g/mol. The van der Waals surface area contributed by atoms with Gasteiger partial charge in [-0.3, -0.25) is 4.90 Å². The van der Waals surface area contributed by atoms with Crippen LogP contribution in [0.25, 0.3) is 11.3 Å². The fourth-order valence-corrected chi connectivity index (χ4v) is 6.05. The van der Waals surface area contributed by atoms with E-state index in [1.165, 1.54) is 0 Å². The van der Waals surface area contributed by atoms with E-state index >= 15 is 0 Å². The summed E-state index contributed by atoms with van der Waals surface area (Å²) in [6.45, 7) is 6.93. The molecular formula is C21H29N3O4S. The molecule has 1 saturated heterocycles. The van der Waals surface area contributed by atoms with Gasteiger partial charge in [-0.2, -0.15) is 0 Å². The molecule has 1 aromatic heterocycles. The van der Waals surface area contributed by atoms with E-state index in [0.717, 1.165) is 44.3 Å². The molecule has 8 heteroatoms. The molecule has 2 aliphatic rings. The quantitative estimate of drug-likeness (QED) is 0.775. The maximum Gasteiger partial charge on any atom is 0.240 e. The highest BCUT2D eigenvalue weighted by atomic mass is 32.2. The van der Waals surface area contributed by atoms with Crippen molar-refractivity contribution in [1.82, 2.24) is 14.6 Å². The summed E-state index contributed by atoms with van der Waals surface area (Å²) in [5, 5.41) is 0. The first-order valence-electron chi connectivity index (χ1n) is 10.3. The SMILES string of the molecule is Cc1nc(-c2ccc(S(=O)(=O)NC(C)C3(N4CCOCC4)CCCC3)cc2)co1. The number of sulfonamides is 1. The van der Waals surface area contributed by atoms with Crippen molar-refractivity contribution in [3.63, 3.8) is 0 Å². The zero-order chi connectivity index (χ0) is 20.5. The molecule has 1 aromatic carbocycles. The molecule has 158 valence electrons. The van der Waals surface area contributed by atoms with Crippen LogP contribution in [0.4, 0.5) is 0 Å². The van der Waals surface area contributed by atoms with Crippen LogP contribution in [0.5, 0.6) is 0 Å². The number of hydrogen-bond donors (Lipinski definition) is 1. The molecule has 1 atom stereocenters. The Morgan fingerprint density at radius 1 is 1.14 bits per heavy atom. The minimum Gasteiger partial charge on any atom is -0.449 e. The van der Waals surface area contributed by atoms with E-state index in [2.05, 4.69) is 14.6 Å². The first kappa shape index (κ1) is 20.5. The van der Waals surface area contributed by atoms with Gasteiger partial charge in [0.2, 0.25) is 10.0 Å². The summed E-state index contributed by atoms with van der Waals surface area (Å²) < 4.78 is 39.9. The summed E-state index contributed by atoms with van der Waals surface area (Å²) >= 11 is 0. The van der Waals surface area contributed by atoms with Crippen LogP contribution >= 0.6 is 0 Å². The standard InChI is InChI=1S/C21H29N3O4S/c1-16(21(9-3-4-10-21)24-11-13-27-14-12-24)23-29(25,26)19-7-5-18(6-8-19)20-15-28-17(2)22-20/h5-8,15-16,23H,3-4,9-14H2,1-2H3. The fourth-order valence-electron chi connectivity index (χ4n) is 4.73. The molecule has 1 saturated carbocycles. The number of benzene rings is 1. The van der Waals surface area contributed by atoms with Gasteiger partial charge in [-0.25, -0.2) is 18.1 Å². The molecule has 1 aliphatic carbocycles. The van der Waals surface area contributed by atoms with Gasteiger partial charge in [0.1, 0.15) is 12.0 Å².